The summed E-state index contributed by atoms with van der Waals surface area (Å²) in [7, 11) is 0. The van der Waals surface area contributed by atoms with Crippen LogP contribution >= 0.6 is 23.2 Å². The van der Waals surface area contributed by atoms with E-state index in [2.05, 4.69) is 31.0 Å². The molecule has 1 N–H and O–H groups in total. The first kappa shape index (κ1) is 19.0. The molecule has 1 heterocycles. The maximum atomic E-state index is 12.5. The molecule has 3 nitrogen and oxygen atoms in total. The molecule has 3 rings (SSSR count). The monoisotopic (exact) mass is 382 g/mol. The molecule has 1 aromatic carbocycles. The second kappa shape index (κ2) is 7.09. The molecule has 0 bridgehead atoms. The zero-order valence-corrected chi connectivity index (χ0v) is 16.9. The van der Waals surface area contributed by atoms with Gasteiger partial charge in [-0.25, -0.2) is 0 Å². The number of amides is 1. The number of benzene rings is 1. The zero-order valence-electron chi connectivity index (χ0n) is 15.4. The van der Waals surface area contributed by atoms with Crippen molar-refractivity contribution in [2.45, 2.75) is 52.5 Å². The molecular formula is C20H28Cl2N2O. The van der Waals surface area contributed by atoms with Crippen LogP contribution in [0.2, 0.25) is 10.0 Å². The Bertz CT molecular complexity index is 646. The molecule has 0 radical (unpaired) electrons. The summed E-state index contributed by atoms with van der Waals surface area (Å²) in [5.74, 6) is -0.0845. The SMILES string of the molecule is CC(C)(C)CCN1CCC2(CC1)CC2NC(=O)c1ccc(Cl)cc1Cl. The van der Waals surface area contributed by atoms with Crippen LogP contribution in [0.3, 0.4) is 0 Å². The van der Waals surface area contributed by atoms with Gasteiger partial charge in [0.25, 0.3) is 5.91 Å². The summed E-state index contributed by atoms with van der Waals surface area (Å²) in [6.45, 7) is 10.4. The van der Waals surface area contributed by atoms with E-state index in [9.17, 15) is 4.79 Å². The van der Waals surface area contributed by atoms with Crippen LogP contribution in [0.1, 0.15) is 56.8 Å². The van der Waals surface area contributed by atoms with Gasteiger partial charge in [-0.15, -0.1) is 0 Å². The first-order valence-corrected chi connectivity index (χ1v) is 9.92. The Morgan fingerprint density at radius 1 is 1.28 bits per heavy atom. The van der Waals surface area contributed by atoms with Crippen LogP contribution in [0.4, 0.5) is 0 Å². The summed E-state index contributed by atoms with van der Waals surface area (Å²) in [6, 6.07) is 5.31. The lowest BCUT2D eigenvalue weighted by Gasteiger charge is -2.34. The summed E-state index contributed by atoms with van der Waals surface area (Å²) >= 11 is 12.0. The molecule has 5 heteroatoms. The lowest BCUT2D eigenvalue weighted by Crippen LogP contribution is -2.39. The molecule has 1 saturated heterocycles. The Kier molecular flexibility index (Phi) is 5.39. The van der Waals surface area contributed by atoms with Crippen LogP contribution in [-0.2, 0) is 0 Å². The van der Waals surface area contributed by atoms with Crippen LogP contribution < -0.4 is 5.32 Å². The molecule has 1 aromatic rings. The summed E-state index contributed by atoms with van der Waals surface area (Å²) in [4.78, 5) is 15.1. The van der Waals surface area contributed by atoms with E-state index in [4.69, 9.17) is 23.2 Å². The number of rotatable bonds is 4. The van der Waals surface area contributed by atoms with Gasteiger partial charge in [-0.05, 0) is 74.3 Å². The van der Waals surface area contributed by atoms with Crippen LogP contribution in [0, 0.1) is 10.8 Å². The Balaban J connectivity index is 1.49. The highest BCUT2D eigenvalue weighted by Crippen LogP contribution is 2.54. The molecule has 25 heavy (non-hydrogen) atoms. The van der Waals surface area contributed by atoms with Crippen molar-refractivity contribution in [1.29, 1.82) is 0 Å². The molecule has 1 atom stereocenters. The fraction of sp³-hybridized carbons (Fsp3) is 0.650. The van der Waals surface area contributed by atoms with Crippen LogP contribution in [0.5, 0.6) is 0 Å². The number of carbonyl (C=O) groups is 1. The van der Waals surface area contributed by atoms with Gasteiger partial charge in [0.1, 0.15) is 0 Å². The minimum atomic E-state index is -0.0845. The van der Waals surface area contributed by atoms with Gasteiger partial charge in [-0.3, -0.25) is 4.79 Å². The molecule has 2 aliphatic rings. The van der Waals surface area contributed by atoms with Crippen molar-refractivity contribution in [2.24, 2.45) is 10.8 Å². The molecule has 1 spiro atoms. The average molecular weight is 383 g/mol. The van der Waals surface area contributed by atoms with Gasteiger partial charge in [0.15, 0.2) is 0 Å². The van der Waals surface area contributed by atoms with Crippen molar-refractivity contribution in [2.75, 3.05) is 19.6 Å². The van der Waals surface area contributed by atoms with E-state index in [1.165, 1.54) is 25.8 Å². The number of likely N-dealkylation sites (tertiary alicyclic amines) is 1. The van der Waals surface area contributed by atoms with E-state index in [0.717, 1.165) is 19.5 Å². The number of piperidine rings is 1. The smallest absolute Gasteiger partial charge is 0.253 e. The maximum absolute atomic E-state index is 12.5. The molecule has 1 amide bonds. The lowest BCUT2D eigenvalue weighted by molar-refractivity contribution is 0.0933. The number of nitrogens with one attached hydrogen (secondary N) is 1. The number of hydrogen-bond acceptors (Lipinski definition) is 2. The highest BCUT2D eigenvalue weighted by Gasteiger charge is 2.55. The van der Waals surface area contributed by atoms with Gasteiger partial charge in [0.2, 0.25) is 0 Å². The van der Waals surface area contributed by atoms with Crippen molar-refractivity contribution < 1.29 is 4.79 Å². The van der Waals surface area contributed by atoms with Crippen molar-refractivity contribution in [3.8, 4) is 0 Å². The molecule has 138 valence electrons. The minimum Gasteiger partial charge on any atom is -0.349 e. The largest absolute Gasteiger partial charge is 0.349 e. The molecule has 2 fully saturated rings. The molecule has 1 saturated carbocycles. The Hall–Kier alpha value is -0.770. The molecule has 1 aliphatic carbocycles. The topological polar surface area (TPSA) is 32.3 Å². The normalized spacial score (nSPS) is 22.8. The third-order valence-corrected chi connectivity index (χ3v) is 6.25. The van der Waals surface area contributed by atoms with Gasteiger partial charge < -0.3 is 10.2 Å². The highest BCUT2D eigenvalue weighted by atomic mass is 35.5. The average Bonchev–Trinajstić information content (AvgIpc) is 3.17. The van der Waals surface area contributed by atoms with Crippen molar-refractivity contribution in [3.05, 3.63) is 33.8 Å². The minimum absolute atomic E-state index is 0.0845. The van der Waals surface area contributed by atoms with E-state index in [0.29, 0.717) is 26.4 Å². The zero-order chi connectivity index (χ0) is 18.2. The second-order valence-electron chi connectivity index (χ2n) is 8.87. The summed E-state index contributed by atoms with van der Waals surface area (Å²) < 4.78 is 0. The third kappa shape index (κ3) is 4.69. The van der Waals surface area contributed by atoms with E-state index < -0.39 is 0 Å². The van der Waals surface area contributed by atoms with Gasteiger partial charge in [-0.1, -0.05) is 44.0 Å². The van der Waals surface area contributed by atoms with Crippen LogP contribution in [0.15, 0.2) is 18.2 Å². The lowest BCUT2D eigenvalue weighted by atomic mass is 9.89. The second-order valence-corrected chi connectivity index (χ2v) is 9.71. The highest BCUT2D eigenvalue weighted by molar-refractivity contribution is 6.36. The fourth-order valence-electron chi connectivity index (χ4n) is 3.73. The van der Waals surface area contributed by atoms with Gasteiger partial charge >= 0.3 is 0 Å². The quantitative estimate of drug-likeness (QED) is 0.792. The van der Waals surface area contributed by atoms with Crippen molar-refractivity contribution in [1.82, 2.24) is 10.2 Å². The van der Waals surface area contributed by atoms with Crippen molar-refractivity contribution in [3.63, 3.8) is 0 Å². The van der Waals surface area contributed by atoms with Crippen LogP contribution in [-0.4, -0.2) is 36.5 Å². The predicted octanol–water partition coefficient (Wildman–Crippen LogP) is 5.01. The third-order valence-electron chi connectivity index (χ3n) is 5.70. The van der Waals surface area contributed by atoms with E-state index in [1.807, 2.05) is 0 Å². The van der Waals surface area contributed by atoms with Gasteiger partial charge in [0, 0.05) is 11.1 Å². The number of carbonyl (C=O) groups excluding carboxylic acids is 1. The van der Waals surface area contributed by atoms with E-state index >= 15 is 0 Å². The fourth-order valence-corrected chi connectivity index (χ4v) is 4.22. The van der Waals surface area contributed by atoms with Crippen molar-refractivity contribution >= 4 is 29.1 Å². The number of nitrogens with zero attached hydrogens (tertiary/aromatic N) is 1. The summed E-state index contributed by atoms with van der Waals surface area (Å²) in [6.07, 6.45) is 4.68. The Morgan fingerprint density at radius 2 is 1.96 bits per heavy atom. The number of hydrogen-bond donors (Lipinski definition) is 1. The molecular weight excluding hydrogens is 355 g/mol. The van der Waals surface area contributed by atoms with E-state index in [1.54, 1.807) is 18.2 Å². The first-order valence-electron chi connectivity index (χ1n) is 9.17. The van der Waals surface area contributed by atoms with Crippen LogP contribution in [0.25, 0.3) is 0 Å². The summed E-state index contributed by atoms with van der Waals surface area (Å²) in [5.41, 5.74) is 1.21. The Labute approximate surface area is 161 Å². The molecule has 1 unspecified atom stereocenters. The predicted molar refractivity (Wildman–Crippen MR) is 105 cm³/mol. The van der Waals surface area contributed by atoms with Gasteiger partial charge in [-0.2, -0.15) is 0 Å². The Morgan fingerprint density at radius 3 is 2.56 bits per heavy atom. The van der Waals surface area contributed by atoms with Gasteiger partial charge in [0.05, 0.1) is 10.6 Å². The maximum Gasteiger partial charge on any atom is 0.253 e. The van der Waals surface area contributed by atoms with E-state index in [-0.39, 0.29) is 11.9 Å². The molecule has 0 aromatic heterocycles. The standard InChI is InChI=1S/C20H28Cl2N2O/c1-19(2,3)6-9-24-10-7-20(8-11-24)13-17(20)23-18(25)15-5-4-14(21)12-16(15)22/h4-5,12,17H,6-11,13H2,1-3H3,(H,23,25). The number of halogens is 2. The summed E-state index contributed by atoms with van der Waals surface area (Å²) in [5, 5.41) is 4.14. The molecule has 1 aliphatic heterocycles. The first-order chi connectivity index (χ1) is 11.7.